The second-order valence-electron chi connectivity index (χ2n) is 7.06. The van der Waals surface area contributed by atoms with Crippen molar-refractivity contribution in [2.45, 2.75) is 26.2 Å². The largest absolute Gasteiger partial charge is 0.368 e. The van der Waals surface area contributed by atoms with Gasteiger partial charge in [0.25, 0.3) is 5.69 Å². The zero-order chi connectivity index (χ0) is 20.1. The summed E-state index contributed by atoms with van der Waals surface area (Å²) in [4.78, 5) is 27.3. The quantitative estimate of drug-likeness (QED) is 0.555. The van der Waals surface area contributed by atoms with E-state index in [-0.39, 0.29) is 11.6 Å². The number of aryl methyl sites for hydroxylation is 2. The lowest BCUT2D eigenvalue weighted by Gasteiger charge is -2.26. The first-order valence-corrected chi connectivity index (χ1v) is 9.84. The van der Waals surface area contributed by atoms with Crippen molar-refractivity contribution in [1.29, 1.82) is 0 Å². The Morgan fingerprint density at radius 3 is 2.57 bits per heavy atom. The molecule has 7 heteroatoms. The number of amides is 1. The molecule has 1 amide bonds. The lowest BCUT2D eigenvalue weighted by molar-refractivity contribution is -0.384. The molecular formula is C21H24ClN3O3. The molecule has 0 bridgehead atoms. The first-order valence-electron chi connectivity index (χ1n) is 9.47. The molecule has 6 nitrogen and oxygen atoms in total. The molecule has 28 heavy (non-hydrogen) atoms. The molecule has 1 aliphatic heterocycles. The van der Waals surface area contributed by atoms with Crippen molar-refractivity contribution < 1.29 is 9.72 Å². The summed E-state index contributed by atoms with van der Waals surface area (Å²) in [6, 6.07) is 13.0. The number of halogens is 1. The molecular weight excluding hydrogens is 378 g/mol. The first kappa shape index (κ1) is 20.1. The Morgan fingerprint density at radius 1 is 1.14 bits per heavy atom. The van der Waals surface area contributed by atoms with Gasteiger partial charge in [-0.25, -0.2) is 0 Å². The van der Waals surface area contributed by atoms with Gasteiger partial charge in [0, 0.05) is 44.7 Å². The fraction of sp³-hybridized carbons (Fsp3) is 0.381. The van der Waals surface area contributed by atoms with Crippen LogP contribution in [-0.4, -0.2) is 41.9 Å². The molecule has 0 saturated carbocycles. The van der Waals surface area contributed by atoms with Crippen molar-refractivity contribution >= 4 is 28.9 Å². The predicted molar refractivity (Wildman–Crippen MR) is 111 cm³/mol. The summed E-state index contributed by atoms with van der Waals surface area (Å²) in [5, 5.41) is 11.4. The molecule has 148 valence electrons. The van der Waals surface area contributed by atoms with Gasteiger partial charge in [0.2, 0.25) is 5.91 Å². The van der Waals surface area contributed by atoms with Crippen molar-refractivity contribution in [2.24, 2.45) is 0 Å². The first-order chi connectivity index (χ1) is 13.5. The molecule has 1 aliphatic rings. The number of non-ortho nitro benzene ring substituents is 1. The fourth-order valence-corrected chi connectivity index (χ4v) is 4.05. The van der Waals surface area contributed by atoms with Gasteiger partial charge in [0.15, 0.2) is 0 Å². The number of nitro groups is 1. The predicted octanol–water partition coefficient (Wildman–Crippen LogP) is 4.23. The van der Waals surface area contributed by atoms with Gasteiger partial charge in [-0.2, -0.15) is 0 Å². The summed E-state index contributed by atoms with van der Waals surface area (Å²) < 4.78 is 0. The number of anilines is 1. The van der Waals surface area contributed by atoms with E-state index in [0.717, 1.165) is 30.6 Å². The molecule has 1 heterocycles. The number of benzene rings is 2. The topological polar surface area (TPSA) is 66.7 Å². The summed E-state index contributed by atoms with van der Waals surface area (Å²) in [6.07, 6.45) is 2.08. The highest BCUT2D eigenvalue weighted by Crippen LogP contribution is 2.34. The van der Waals surface area contributed by atoms with E-state index in [1.54, 1.807) is 6.07 Å². The third kappa shape index (κ3) is 4.81. The van der Waals surface area contributed by atoms with Gasteiger partial charge in [-0.05, 0) is 30.9 Å². The van der Waals surface area contributed by atoms with Gasteiger partial charge in [0.1, 0.15) is 0 Å². The molecule has 0 unspecified atom stereocenters. The van der Waals surface area contributed by atoms with Crippen LogP contribution < -0.4 is 4.90 Å². The van der Waals surface area contributed by atoms with Crippen molar-refractivity contribution in [3.8, 4) is 0 Å². The molecule has 1 fully saturated rings. The lowest BCUT2D eigenvalue weighted by Crippen LogP contribution is -2.35. The van der Waals surface area contributed by atoms with E-state index in [4.69, 9.17) is 11.6 Å². The van der Waals surface area contributed by atoms with Crippen LogP contribution in [0.4, 0.5) is 11.4 Å². The van der Waals surface area contributed by atoms with Crippen molar-refractivity contribution in [2.75, 3.05) is 31.1 Å². The van der Waals surface area contributed by atoms with E-state index < -0.39 is 4.92 Å². The highest BCUT2D eigenvalue weighted by atomic mass is 35.5. The lowest BCUT2D eigenvalue weighted by atomic mass is 10.1. The minimum Gasteiger partial charge on any atom is -0.368 e. The third-order valence-corrected chi connectivity index (χ3v) is 5.37. The molecule has 0 radical (unpaired) electrons. The van der Waals surface area contributed by atoms with Crippen LogP contribution in [-0.2, 0) is 11.2 Å². The minimum absolute atomic E-state index is 0.00112. The molecule has 3 rings (SSSR count). The normalized spacial score (nSPS) is 14.6. The molecule has 2 aromatic carbocycles. The standard InChI is InChI=1S/C21H24ClN3O3/c1-16-14-18(25(27)28)15-19(22)21(16)24-11-5-10-23(12-13-24)20(26)9-8-17-6-3-2-4-7-17/h2-4,6-7,14-15H,5,8-13H2,1H3. The molecule has 1 saturated heterocycles. The Balaban J connectivity index is 1.63. The van der Waals surface area contributed by atoms with Crippen molar-refractivity contribution in [1.82, 2.24) is 4.90 Å². The monoisotopic (exact) mass is 401 g/mol. The van der Waals surface area contributed by atoms with E-state index in [2.05, 4.69) is 4.90 Å². The van der Waals surface area contributed by atoms with Gasteiger partial charge < -0.3 is 9.80 Å². The average molecular weight is 402 g/mol. The number of hydrogen-bond donors (Lipinski definition) is 0. The van der Waals surface area contributed by atoms with Gasteiger partial charge >= 0.3 is 0 Å². The van der Waals surface area contributed by atoms with Crippen LogP contribution in [0.3, 0.4) is 0 Å². The molecule has 0 aliphatic carbocycles. The number of nitrogens with zero attached hydrogens (tertiary/aromatic N) is 3. The van der Waals surface area contributed by atoms with E-state index in [1.165, 1.54) is 11.6 Å². The summed E-state index contributed by atoms with van der Waals surface area (Å²) in [6.45, 7) is 4.60. The summed E-state index contributed by atoms with van der Waals surface area (Å²) in [5.41, 5.74) is 2.77. The number of rotatable bonds is 5. The van der Waals surface area contributed by atoms with Crippen molar-refractivity contribution in [3.63, 3.8) is 0 Å². The maximum atomic E-state index is 12.6. The maximum absolute atomic E-state index is 12.6. The van der Waals surface area contributed by atoms with E-state index in [0.29, 0.717) is 31.1 Å². The Bertz CT molecular complexity index is 834. The smallest absolute Gasteiger partial charge is 0.271 e. The van der Waals surface area contributed by atoms with Crippen molar-refractivity contribution in [3.05, 3.63) is 68.7 Å². The van der Waals surface area contributed by atoms with Gasteiger partial charge in [-0.3, -0.25) is 14.9 Å². The van der Waals surface area contributed by atoms with Crippen LogP contribution in [0, 0.1) is 17.0 Å². The van der Waals surface area contributed by atoms with Crippen LogP contribution in [0.2, 0.25) is 5.02 Å². The Labute approximate surface area is 169 Å². The highest BCUT2D eigenvalue weighted by Gasteiger charge is 2.23. The Kier molecular flexibility index (Phi) is 6.52. The van der Waals surface area contributed by atoms with Crippen LogP contribution >= 0.6 is 11.6 Å². The Hall–Kier alpha value is -2.60. The summed E-state index contributed by atoms with van der Waals surface area (Å²) in [5.74, 6) is 0.164. The zero-order valence-corrected chi connectivity index (χ0v) is 16.7. The fourth-order valence-electron chi connectivity index (χ4n) is 3.67. The van der Waals surface area contributed by atoms with E-state index in [1.807, 2.05) is 42.2 Å². The number of carbonyl (C=O) groups is 1. The molecule has 0 atom stereocenters. The molecule has 2 aromatic rings. The van der Waals surface area contributed by atoms with Crippen LogP contribution in [0.5, 0.6) is 0 Å². The molecule has 0 aromatic heterocycles. The van der Waals surface area contributed by atoms with Gasteiger partial charge in [0.05, 0.1) is 15.6 Å². The Morgan fingerprint density at radius 2 is 1.89 bits per heavy atom. The maximum Gasteiger partial charge on any atom is 0.271 e. The zero-order valence-electron chi connectivity index (χ0n) is 15.9. The summed E-state index contributed by atoms with van der Waals surface area (Å²) in [7, 11) is 0. The number of hydrogen-bond acceptors (Lipinski definition) is 4. The van der Waals surface area contributed by atoms with E-state index >= 15 is 0 Å². The number of carbonyl (C=O) groups excluding carboxylic acids is 1. The van der Waals surface area contributed by atoms with Gasteiger partial charge in [-0.15, -0.1) is 0 Å². The minimum atomic E-state index is -0.432. The molecule has 0 N–H and O–H groups in total. The van der Waals surface area contributed by atoms with Crippen LogP contribution in [0.25, 0.3) is 0 Å². The molecule has 0 spiro atoms. The number of nitro benzene ring substituents is 1. The van der Waals surface area contributed by atoms with Crippen LogP contribution in [0.15, 0.2) is 42.5 Å². The highest BCUT2D eigenvalue weighted by molar-refractivity contribution is 6.33. The average Bonchev–Trinajstić information content (AvgIpc) is 2.92. The van der Waals surface area contributed by atoms with Crippen LogP contribution in [0.1, 0.15) is 24.0 Å². The van der Waals surface area contributed by atoms with E-state index in [9.17, 15) is 14.9 Å². The second kappa shape index (κ2) is 9.06. The summed E-state index contributed by atoms with van der Waals surface area (Å²) >= 11 is 6.36. The SMILES string of the molecule is Cc1cc([N+](=O)[O-])cc(Cl)c1N1CCCN(C(=O)CCc2ccccc2)CC1. The second-order valence-corrected chi connectivity index (χ2v) is 7.46. The third-order valence-electron chi connectivity index (χ3n) is 5.08. The van der Waals surface area contributed by atoms with Gasteiger partial charge in [-0.1, -0.05) is 41.9 Å².